The molecule has 1 aromatic heterocycles. The smallest absolute Gasteiger partial charge is 0.269 e. The number of aromatic nitrogens is 1. The number of rotatable bonds is 9. The number of aryl methyl sites for hydroxylation is 1. The molecule has 0 atom stereocenters. The van der Waals surface area contributed by atoms with E-state index in [4.69, 9.17) is 11.2 Å². The van der Waals surface area contributed by atoms with Gasteiger partial charge in [0.25, 0.3) is 5.91 Å². The zero-order valence-corrected chi connectivity index (χ0v) is 16.9. The van der Waals surface area contributed by atoms with Gasteiger partial charge < -0.3 is 15.4 Å². The topological polar surface area (TPSA) is 105 Å². The molecule has 0 radical (unpaired) electrons. The molecular formula is C22H23N5O3. The summed E-state index contributed by atoms with van der Waals surface area (Å²) in [6.07, 6.45) is 8.80. The number of hydrogen-bond donors (Lipinski definition) is 2. The Kier molecular flexibility index (Phi) is 6.42. The Hall–Kier alpha value is -3.73. The van der Waals surface area contributed by atoms with E-state index in [0.29, 0.717) is 36.4 Å². The number of nitrogens with one attached hydrogen (secondary N) is 2. The fourth-order valence-corrected chi connectivity index (χ4v) is 2.87. The molecule has 0 spiro atoms. The van der Waals surface area contributed by atoms with Crippen LogP contribution in [-0.4, -0.2) is 29.5 Å². The van der Waals surface area contributed by atoms with Crippen molar-refractivity contribution < 1.29 is 14.3 Å². The molecule has 8 nitrogen and oxygen atoms in total. The van der Waals surface area contributed by atoms with Crippen LogP contribution in [0.1, 0.15) is 41.7 Å². The van der Waals surface area contributed by atoms with E-state index in [9.17, 15) is 9.59 Å². The summed E-state index contributed by atoms with van der Waals surface area (Å²) >= 11 is 0. The van der Waals surface area contributed by atoms with Gasteiger partial charge in [0.1, 0.15) is 11.4 Å². The second kappa shape index (κ2) is 9.18. The van der Waals surface area contributed by atoms with Crippen LogP contribution >= 0.6 is 0 Å². The first-order valence-electron chi connectivity index (χ1n) is 9.59. The summed E-state index contributed by atoms with van der Waals surface area (Å²) in [6, 6.07) is 8.66. The van der Waals surface area contributed by atoms with E-state index in [1.807, 2.05) is 19.1 Å². The predicted octanol–water partition coefficient (Wildman–Crippen LogP) is 3.84. The Balaban J connectivity index is 1.67. The number of amides is 2. The third kappa shape index (κ3) is 5.41. The monoisotopic (exact) mass is 405 g/mol. The van der Waals surface area contributed by atoms with Crippen LogP contribution in [0.5, 0.6) is 11.5 Å². The number of pyridine rings is 1. The Morgan fingerprint density at radius 1 is 1.20 bits per heavy atom. The van der Waals surface area contributed by atoms with Gasteiger partial charge in [-0.1, -0.05) is 6.07 Å². The number of hydrogen-bond acceptors (Lipinski definition) is 6. The highest BCUT2D eigenvalue weighted by Gasteiger charge is 2.39. The number of carbonyl (C=O) groups is 2. The molecule has 8 heteroatoms. The number of nitrogens with zero attached hydrogens (tertiary/aromatic N) is 3. The van der Waals surface area contributed by atoms with Crippen molar-refractivity contribution in [3.63, 3.8) is 0 Å². The molecule has 2 N–H and O–H groups in total. The molecule has 154 valence electrons. The van der Waals surface area contributed by atoms with Crippen LogP contribution in [0.3, 0.4) is 0 Å². The van der Waals surface area contributed by atoms with Gasteiger partial charge in [-0.25, -0.2) is 0 Å². The van der Waals surface area contributed by atoms with Crippen molar-refractivity contribution in [1.82, 2.24) is 10.3 Å². The van der Waals surface area contributed by atoms with E-state index in [-0.39, 0.29) is 23.9 Å². The number of terminal acetylenes is 1. The molecule has 0 unspecified atom stereocenters. The lowest BCUT2D eigenvalue weighted by molar-refractivity contribution is -0.116. The summed E-state index contributed by atoms with van der Waals surface area (Å²) < 4.78 is 5.94. The molecule has 0 saturated heterocycles. The molecule has 2 amide bonds. The maximum atomic E-state index is 12.5. The average molecular weight is 405 g/mol. The van der Waals surface area contributed by atoms with Crippen LogP contribution in [0.2, 0.25) is 0 Å². The molecule has 0 aliphatic carbocycles. The summed E-state index contributed by atoms with van der Waals surface area (Å²) in [7, 11) is 1.53. The maximum Gasteiger partial charge on any atom is 0.269 e. The average Bonchev–Trinajstić information content (AvgIpc) is 3.52. The number of ether oxygens (including phenoxy) is 1. The first-order valence-corrected chi connectivity index (χ1v) is 9.59. The van der Waals surface area contributed by atoms with Gasteiger partial charge in [-0.3, -0.25) is 14.6 Å². The van der Waals surface area contributed by atoms with Crippen molar-refractivity contribution in [3.8, 4) is 23.8 Å². The van der Waals surface area contributed by atoms with E-state index < -0.39 is 5.66 Å². The highest BCUT2D eigenvalue weighted by atomic mass is 16.5. The van der Waals surface area contributed by atoms with Crippen LogP contribution < -0.4 is 15.4 Å². The van der Waals surface area contributed by atoms with Gasteiger partial charge in [-0.05, 0) is 30.7 Å². The van der Waals surface area contributed by atoms with E-state index in [1.165, 1.54) is 19.3 Å². The van der Waals surface area contributed by atoms with E-state index in [2.05, 4.69) is 31.8 Å². The first-order chi connectivity index (χ1) is 14.4. The molecule has 0 bridgehead atoms. The summed E-state index contributed by atoms with van der Waals surface area (Å²) in [4.78, 5) is 28.3. The van der Waals surface area contributed by atoms with Crippen LogP contribution in [0.25, 0.3) is 0 Å². The van der Waals surface area contributed by atoms with Crippen LogP contribution in [-0.2, 0) is 4.79 Å². The molecule has 1 aromatic carbocycles. The van der Waals surface area contributed by atoms with Gasteiger partial charge in [0.15, 0.2) is 11.4 Å². The minimum atomic E-state index is -0.496. The van der Waals surface area contributed by atoms with Crippen LogP contribution in [0, 0.1) is 19.3 Å². The third-order valence-corrected chi connectivity index (χ3v) is 4.64. The largest absolute Gasteiger partial charge is 0.455 e. The van der Waals surface area contributed by atoms with Gasteiger partial charge in [-0.2, -0.15) is 10.2 Å². The van der Waals surface area contributed by atoms with Crippen molar-refractivity contribution >= 4 is 17.5 Å². The molecule has 30 heavy (non-hydrogen) atoms. The Labute approximate surface area is 175 Å². The lowest BCUT2D eigenvalue weighted by Crippen LogP contribution is -2.19. The lowest BCUT2D eigenvalue weighted by atomic mass is 10.0. The van der Waals surface area contributed by atoms with E-state index in [0.717, 1.165) is 5.56 Å². The fourth-order valence-electron chi connectivity index (χ4n) is 2.87. The Morgan fingerprint density at radius 3 is 2.70 bits per heavy atom. The zero-order valence-electron chi connectivity index (χ0n) is 16.9. The normalized spacial score (nSPS) is 13.2. The maximum absolute atomic E-state index is 12.5. The van der Waals surface area contributed by atoms with Gasteiger partial charge in [0.2, 0.25) is 5.91 Å². The second-order valence-electron chi connectivity index (χ2n) is 6.99. The molecule has 1 aliphatic rings. The third-order valence-electron chi connectivity index (χ3n) is 4.64. The van der Waals surface area contributed by atoms with E-state index >= 15 is 0 Å². The minimum absolute atomic E-state index is 0.165. The lowest BCUT2D eigenvalue weighted by Gasteiger charge is -2.14. The zero-order chi connectivity index (χ0) is 21.6. The highest BCUT2D eigenvalue weighted by Crippen LogP contribution is 2.38. The molecule has 1 aliphatic heterocycles. The van der Waals surface area contributed by atoms with Crippen molar-refractivity contribution in [1.29, 1.82) is 0 Å². The molecular weight excluding hydrogens is 382 g/mol. The second-order valence-corrected chi connectivity index (χ2v) is 6.99. The van der Waals surface area contributed by atoms with Gasteiger partial charge in [0.05, 0.1) is 5.69 Å². The first kappa shape index (κ1) is 21.0. The van der Waals surface area contributed by atoms with E-state index in [1.54, 1.807) is 12.1 Å². The molecule has 2 aromatic rings. The number of carbonyl (C=O) groups excluding carboxylic acids is 2. The van der Waals surface area contributed by atoms with Crippen LogP contribution in [0.15, 0.2) is 46.8 Å². The summed E-state index contributed by atoms with van der Waals surface area (Å²) in [5, 5.41) is 13.5. The van der Waals surface area contributed by atoms with Crippen LogP contribution in [0.4, 0.5) is 5.69 Å². The van der Waals surface area contributed by atoms with Crippen molar-refractivity contribution in [2.24, 2.45) is 10.2 Å². The molecule has 2 heterocycles. The number of benzene rings is 1. The summed E-state index contributed by atoms with van der Waals surface area (Å²) in [5.41, 5.74) is 1.24. The fraction of sp³-hybridized carbons (Fsp3) is 0.318. The molecule has 0 fully saturated rings. The SMILES string of the molecule is C#CCCC1(CCC(=O)Nc2ccc(C)cc2Oc2ccnc(C(=O)NC)c2)N=N1. The standard InChI is InChI=1S/C22H23N5O3/c1-4-5-10-22(26-27-22)11-8-20(28)25-17-7-6-15(2)13-19(17)30-16-9-12-24-18(14-16)21(29)23-3/h1,6-7,9,12-14H,5,8,10-11H2,2-3H3,(H,23,29)(H,25,28). The molecule has 3 rings (SSSR count). The predicted molar refractivity (Wildman–Crippen MR) is 112 cm³/mol. The minimum Gasteiger partial charge on any atom is -0.455 e. The quantitative estimate of drug-likeness (QED) is 0.618. The summed E-state index contributed by atoms with van der Waals surface area (Å²) in [6.45, 7) is 1.92. The Bertz CT molecular complexity index is 1020. The Morgan fingerprint density at radius 2 is 2.00 bits per heavy atom. The van der Waals surface area contributed by atoms with Gasteiger partial charge >= 0.3 is 0 Å². The summed E-state index contributed by atoms with van der Waals surface area (Å²) in [5.74, 6) is 3.01. The van der Waals surface area contributed by atoms with Gasteiger partial charge in [0, 0.05) is 45.0 Å². The van der Waals surface area contributed by atoms with Crippen molar-refractivity contribution in [3.05, 3.63) is 47.8 Å². The molecule has 0 saturated carbocycles. The number of anilines is 1. The highest BCUT2D eigenvalue weighted by molar-refractivity contribution is 5.93. The van der Waals surface area contributed by atoms with Crippen molar-refractivity contribution in [2.45, 2.75) is 38.3 Å². The van der Waals surface area contributed by atoms with Crippen molar-refractivity contribution in [2.75, 3.05) is 12.4 Å². The van der Waals surface area contributed by atoms with Gasteiger partial charge in [-0.15, -0.1) is 12.3 Å².